The van der Waals surface area contributed by atoms with Crippen LogP contribution in [0.1, 0.15) is 5.76 Å². The third-order valence-corrected chi connectivity index (χ3v) is 2.25. The van der Waals surface area contributed by atoms with Crippen LogP contribution in [0.25, 0.3) is 11.3 Å². The topological polar surface area (TPSA) is 73.3 Å². The van der Waals surface area contributed by atoms with Crippen LogP contribution in [0, 0.1) is 17.0 Å². The van der Waals surface area contributed by atoms with Crippen molar-refractivity contribution in [1.82, 2.24) is 0 Å². The highest BCUT2D eigenvalue weighted by Gasteiger charge is 2.07. The van der Waals surface area contributed by atoms with E-state index in [2.05, 4.69) is 0 Å². The molecule has 0 amide bonds. The van der Waals surface area contributed by atoms with E-state index in [0.717, 1.165) is 0 Å². The number of aryl methyl sites for hydroxylation is 1. The fourth-order valence-electron chi connectivity index (χ4n) is 1.49. The molecule has 2 aromatic rings. The third-order valence-electron chi connectivity index (χ3n) is 2.25. The highest BCUT2D eigenvalue weighted by molar-refractivity contribution is 5.58. The average molecular weight is 231 g/mol. The highest BCUT2D eigenvalue weighted by atomic mass is 16.6. The molecular formula is C12H9NO4. The second-order valence-electron chi connectivity index (χ2n) is 3.57. The molecule has 0 bridgehead atoms. The van der Waals surface area contributed by atoms with E-state index in [0.29, 0.717) is 17.1 Å². The molecule has 1 aromatic heterocycles. The molecule has 0 aliphatic rings. The van der Waals surface area contributed by atoms with Crippen molar-refractivity contribution in [2.24, 2.45) is 0 Å². The van der Waals surface area contributed by atoms with Gasteiger partial charge in [-0.25, -0.2) is 0 Å². The summed E-state index contributed by atoms with van der Waals surface area (Å²) in [6.07, 6.45) is 0. The normalized spacial score (nSPS) is 10.2. The van der Waals surface area contributed by atoms with Gasteiger partial charge in [-0.3, -0.25) is 14.9 Å². The van der Waals surface area contributed by atoms with Crippen LogP contribution in [-0.2, 0) is 0 Å². The predicted octanol–water partition coefficient (Wildman–Crippen LogP) is 2.52. The number of rotatable bonds is 2. The Kier molecular flexibility index (Phi) is 2.74. The van der Waals surface area contributed by atoms with E-state index in [9.17, 15) is 14.9 Å². The molecule has 0 unspecified atom stereocenters. The number of non-ortho nitro benzene ring substituents is 1. The van der Waals surface area contributed by atoms with Crippen LogP contribution in [0.2, 0.25) is 0 Å². The number of nitro benzene ring substituents is 1. The van der Waals surface area contributed by atoms with Crippen molar-refractivity contribution in [1.29, 1.82) is 0 Å². The van der Waals surface area contributed by atoms with Crippen LogP contribution in [0.4, 0.5) is 5.69 Å². The Balaban J connectivity index is 2.46. The molecule has 0 fully saturated rings. The van der Waals surface area contributed by atoms with Crippen molar-refractivity contribution in [3.8, 4) is 11.3 Å². The van der Waals surface area contributed by atoms with Gasteiger partial charge in [0.2, 0.25) is 0 Å². The summed E-state index contributed by atoms with van der Waals surface area (Å²) in [7, 11) is 0. The minimum Gasteiger partial charge on any atom is -0.461 e. The van der Waals surface area contributed by atoms with Gasteiger partial charge in [-0.05, 0) is 19.1 Å². The molecular weight excluding hydrogens is 222 g/mol. The predicted molar refractivity (Wildman–Crippen MR) is 61.8 cm³/mol. The molecule has 0 saturated carbocycles. The van der Waals surface area contributed by atoms with Gasteiger partial charge in [0.1, 0.15) is 11.5 Å². The summed E-state index contributed by atoms with van der Waals surface area (Å²) in [5.74, 6) is 0.913. The van der Waals surface area contributed by atoms with Gasteiger partial charge >= 0.3 is 0 Å². The summed E-state index contributed by atoms with van der Waals surface area (Å²) in [4.78, 5) is 21.3. The highest BCUT2D eigenvalue weighted by Crippen LogP contribution is 2.21. The number of nitrogens with zero attached hydrogens (tertiary/aromatic N) is 1. The molecule has 0 saturated heterocycles. The quantitative estimate of drug-likeness (QED) is 0.588. The second-order valence-corrected chi connectivity index (χ2v) is 3.57. The number of hydrogen-bond donors (Lipinski definition) is 0. The van der Waals surface area contributed by atoms with Crippen LogP contribution in [0.5, 0.6) is 0 Å². The van der Waals surface area contributed by atoms with Gasteiger partial charge in [0.15, 0.2) is 5.43 Å². The molecule has 5 heteroatoms. The van der Waals surface area contributed by atoms with Crippen LogP contribution < -0.4 is 5.43 Å². The summed E-state index contributed by atoms with van der Waals surface area (Å²) < 4.78 is 5.37. The Hall–Kier alpha value is -2.43. The molecule has 17 heavy (non-hydrogen) atoms. The summed E-state index contributed by atoms with van der Waals surface area (Å²) in [5.41, 5.74) is 0.488. The Morgan fingerprint density at radius 1 is 1.18 bits per heavy atom. The lowest BCUT2D eigenvalue weighted by atomic mass is 10.1. The zero-order valence-electron chi connectivity index (χ0n) is 9.04. The Morgan fingerprint density at radius 3 is 2.35 bits per heavy atom. The minimum absolute atomic E-state index is 0.00347. The van der Waals surface area contributed by atoms with Gasteiger partial charge in [-0.15, -0.1) is 0 Å². The van der Waals surface area contributed by atoms with Crippen molar-refractivity contribution in [2.75, 3.05) is 0 Å². The standard InChI is InChI=1S/C12H9NO4/c1-8-6-11(14)7-12(17-8)9-2-4-10(5-3-9)13(15)16/h2-7H,1H3. The van der Waals surface area contributed by atoms with Crippen LogP contribution in [0.3, 0.4) is 0 Å². The first-order chi connectivity index (χ1) is 8.06. The minimum atomic E-state index is -0.476. The van der Waals surface area contributed by atoms with Crippen molar-refractivity contribution in [3.63, 3.8) is 0 Å². The Bertz CT molecular complexity index is 613. The van der Waals surface area contributed by atoms with Crippen molar-refractivity contribution in [2.45, 2.75) is 6.92 Å². The van der Waals surface area contributed by atoms with Gasteiger partial charge in [0, 0.05) is 29.8 Å². The smallest absolute Gasteiger partial charge is 0.269 e. The van der Waals surface area contributed by atoms with E-state index < -0.39 is 4.92 Å². The lowest BCUT2D eigenvalue weighted by Gasteiger charge is -2.01. The number of benzene rings is 1. The SMILES string of the molecule is Cc1cc(=O)cc(-c2ccc([N+](=O)[O-])cc2)o1. The molecule has 0 aliphatic carbocycles. The molecule has 1 heterocycles. The summed E-state index contributed by atoms with van der Waals surface area (Å²) in [5, 5.41) is 10.5. The van der Waals surface area contributed by atoms with Gasteiger partial charge in [-0.2, -0.15) is 0 Å². The first-order valence-electron chi connectivity index (χ1n) is 4.93. The maximum absolute atomic E-state index is 11.3. The fraction of sp³-hybridized carbons (Fsp3) is 0.0833. The van der Waals surface area contributed by atoms with E-state index in [1.165, 1.54) is 24.3 Å². The van der Waals surface area contributed by atoms with Gasteiger partial charge < -0.3 is 4.42 Å². The molecule has 0 N–H and O–H groups in total. The zero-order valence-corrected chi connectivity index (χ0v) is 9.04. The van der Waals surface area contributed by atoms with Gasteiger partial charge in [-0.1, -0.05) is 0 Å². The largest absolute Gasteiger partial charge is 0.461 e. The van der Waals surface area contributed by atoms with Crippen LogP contribution >= 0.6 is 0 Å². The van der Waals surface area contributed by atoms with Gasteiger partial charge in [0.25, 0.3) is 5.69 Å². The monoisotopic (exact) mass is 231 g/mol. The molecule has 0 aliphatic heterocycles. The van der Waals surface area contributed by atoms with E-state index >= 15 is 0 Å². The molecule has 0 radical (unpaired) electrons. The molecule has 0 atom stereocenters. The van der Waals surface area contributed by atoms with Crippen LogP contribution in [-0.4, -0.2) is 4.92 Å². The summed E-state index contributed by atoms with van der Waals surface area (Å²) >= 11 is 0. The molecule has 1 aromatic carbocycles. The first-order valence-corrected chi connectivity index (χ1v) is 4.93. The maximum atomic E-state index is 11.3. The maximum Gasteiger partial charge on any atom is 0.269 e. The van der Waals surface area contributed by atoms with Gasteiger partial charge in [0.05, 0.1) is 4.92 Å². The van der Waals surface area contributed by atoms with E-state index in [-0.39, 0.29) is 11.1 Å². The second kappa shape index (κ2) is 4.21. The van der Waals surface area contributed by atoms with Crippen molar-refractivity contribution in [3.05, 3.63) is 62.5 Å². The third kappa shape index (κ3) is 2.39. The number of nitro groups is 1. The molecule has 5 nitrogen and oxygen atoms in total. The molecule has 86 valence electrons. The molecule has 0 spiro atoms. The lowest BCUT2D eigenvalue weighted by Crippen LogP contribution is -1.98. The van der Waals surface area contributed by atoms with E-state index in [1.54, 1.807) is 19.1 Å². The Labute approximate surface area is 96.5 Å². The summed E-state index contributed by atoms with van der Waals surface area (Å²) in [6, 6.07) is 8.59. The van der Waals surface area contributed by atoms with E-state index in [4.69, 9.17) is 4.42 Å². The van der Waals surface area contributed by atoms with Crippen molar-refractivity contribution < 1.29 is 9.34 Å². The summed E-state index contributed by atoms with van der Waals surface area (Å²) in [6.45, 7) is 1.68. The molecule has 2 rings (SSSR count). The Morgan fingerprint density at radius 2 is 1.82 bits per heavy atom. The number of hydrogen-bond acceptors (Lipinski definition) is 4. The average Bonchev–Trinajstić information content (AvgIpc) is 2.28. The zero-order chi connectivity index (χ0) is 12.4. The van der Waals surface area contributed by atoms with Crippen LogP contribution in [0.15, 0.2) is 45.6 Å². The first kappa shape index (κ1) is 11.1. The van der Waals surface area contributed by atoms with E-state index in [1.807, 2.05) is 0 Å². The fourth-order valence-corrected chi connectivity index (χ4v) is 1.49. The van der Waals surface area contributed by atoms with Crippen molar-refractivity contribution >= 4 is 5.69 Å². The lowest BCUT2D eigenvalue weighted by molar-refractivity contribution is -0.384.